The molecule has 13 heteroatoms. The van der Waals surface area contributed by atoms with Gasteiger partial charge in [-0.05, 0) is 6.92 Å². The van der Waals surface area contributed by atoms with E-state index in [4.69, 9.17) is 9.94 Å². The fourth-order valence-corrected chi connectivity index (χ4v) is 4.21. The minimum Gasteiger partial charge on any atom is -0.395 e. The molecule has 0 radical (unpaired) electrons. The van der Waals surface area contributed by atoms with Gasteiger partial charge in [-0.1, -0.05) is 26.5 Å². The summed E-state index contributed by atoms with van der Waals surface area (Å²) in [6.07, 6.45) is 4.01. The number of nitrogens with zero attached hydrogens (tertiary/aromatic N) is 2. The van der Waals surface area contributed by atoms with E-state index in [9.17, 15) is 14.4 Å². The molecule has 0 aromatic rings. The molecule has 0 saturated heterocycles. The van der Waals surface area contributed by atoms with Gasteiger partial charge in [0.25, 0.3) is 0 Å². The van der Waals surface area contributed by atoms with Gasteiger partial charge in [0.2, 0.25) is 11.8 Å². The summed E-state index contributed by atoms with van der Waals surface area (Å²) in [4.78, 5) is 42.7. The van der Waals surface area contributed by atoms with Crippen LogP contribution in [-0.4, -0.2) is 68.3 Å². The third kappa shape index (κ3) is 18.6. The van der Waals surface area contributed by atoms with Crippen LogP contribution in [-0.2, 0) is 73.1 Å². The van der Waals surface area contributed by atoms with Crippen molar-refractivity contribution in [2.24, 2.45) is 10.8 Å². The Morgan fingerprint density at radius 1 is 1.00 bits per heavy atom. The summed E-state index contributed by atoms with van der Waals surface area (Å²) in [5, 5.41) is 11.2. The highest BCUT2D eigenvalue weighted by atomic mass is 33.3. The van der Waals surface area contributed by atoms with Gasteiger partial charge in [-0.2, -0.15) is 0 Å². The molecule has 2 atom stereocenters. The summed E-state index contributed by atoms with van der Waals surface area (Å²) in [7, 11) is 9.79. The van der Waals surface area contributed by atoms with Crippen LogP contribution in [0, 0.1) is 10.8 Å². The number of hydrogen-bond donors (Lipinski definition) is 1. The molecule has 2 amide bonds. The van der Waals surface area contributed by atoms with E-state index in [0.29, 0.717) is 6.29 Å². The Hall–Kier alpha value is -0.930. The highest BCUT2D eigenvalue weighted by Gasteiger charge is 2.26. The average Bonchev–Trinajstić information content (AvgIpc) is 2.78. The predicted molar refractivity (Wildman–Crippen MR) is 142 cm³/mol. The lowest BCUT2D eigenvalue weighted by Crippen LogP contribution is -2.32. The number of allylic oxidation sites excluding steroid dienone is 1. The van der Waals surface area contributed by atoms with Crippen LogP contribution < -0.4 is 0 Å². The molecule has 1 N–H and O–H groups in total. The normalized spacial score (nSPS) is 12.7. The molecular formula is C19H36N2O6S5. The third-order valence-electron chi connectivity index (χ3n) is 3.98. The lowest BCUT2D eigenvalue weighted by Gasteiger charge is -2.24. The molecule has 0 heterocycles. The van der Waals surface area contributed by atoms with Crippen molar-refractivity contribution in [1.82, 2.24) is 10.1 Å². The molecule has 0 aliphatic carbocycles. The molecule has 0 rings (SSSR count). The maximum Gasteiger partial charge on any atom is 0.247 e. The summed E-state index contributed by atoms with van der Waals surface area (Å²) in [6, 6.07) is 0. The quantitative estimate of drug-likeness (QED) is 0.252. The molecule has 8 nitrogen and oxygen atoms in total. The number of aldehydes is 1. The minimum absolute atomic E-state index is 0. The monoisotopic (exact) mass is 548 g/mol. The van der Waals surface area contributed by atoms with E-state index in [1.165, 1.54) is 61.0 Å². The fraction of sp³-hybridized carbons (Fsp3) is 0.632. The van der Waals surface area contributed by atoms with Crippen molar-refractivity contribution in [3.63, 3.8) is 0 Å². The van der Waals surface area contributed by atoms with Gasteiger partial charge in [0.15, 0.2) is 0 Å². The van der Waals surface area contributed by atoms with Crippen LogP contribution >= 0.6 is 0 Å². The topological polar surface area (TPSA) is 96.4 Å². The molecule has 0 bridgehead atoms. The van der Waals surface area contributed by atoms with E-state index in [0.717, 1.165) is 10.1 Å². The van der Waals surface area contributed by atoms with Crippen molar-refractivity contribution >= 4 is 67.1 Å². The van der Waals surface area contributed by atoms with Crippen molar-refractivity contribution in [3.05, 3.63) is 25.3 Å². The van der Waals surface area contributed by atoms with Gasteiger partial charge in [-0.15, -0.1) is 13.2 Å². The van der Waals surface area contributed by atoms with Gasteiger partial charge in [0.1, 0.15) is 6.29 Å². The Bertz CT molecular complexity index is 699. The minimum atomic E-state index is -0.802. The van der Waals surface area contributed by atoms with E-state index in [1.807, 2.05) is 0 Å². The van der Waals surface area contributed by atoms with Gasteiger partial charge >= 0.3 is 0 Å². The standard InChI is InChI=1S/C9H17NO3.C9H15NO3.CH4.S5/c2*1-5-9(2,7-11)6-8(12)10(3)13-4;;1-3-5-4-2/h5,11H,1,6-7H2,2-4H3;5,7H,1,6H2,2-4H3;1H4;/t2*9-;;/m11../s1. The highest BCUT2D eigenvalue weighted by Crippen LogP contribution is 2.22. The van der Waals surface area contributed by atoms with Gasteiger partial charge in [0, 0.05) is 86.8 Å². The highest BCUT2D eigenvalue weighted by molar-refractivity contribution is 8.59. The van der Waals surface area contributed by atoms with E-state index in [1.54, 1.807) is 19.9 Å². The van der Waals surface area contributed by atoms with Gasteiger partial charge < -0.3 is 9.90 Å². The summed E-state index contributed by atoms with van der Waals surface area (Å²) >= 11 is 8.89. The van der Waals surface area contributed by atoms with Crippen molar-refractivity contribution in [1.29, 1.82) is 0 Å². The van der Waals surface area contributed by atoms with Crippen LogP contribution in [0.1, 0.15) is 34.1 Å². The molecule has 0 fully saturated rings. The predicted octanol–water partition coefficient (Wildman–Crippen LogP) is 1.99. The van der Waals surface area contributed by atoms with Gasteiger partial charge in [-0.25, -0.2) is 10.1 Å². The van der Waals surface area contributed by atoms with Crippen molar-refractivity contribution < 1.29 is 29.2 Å². The number of amides is 2. The Morgan fingerprint density at radius 2 is 1.41 bits per heavy atom. The van der Waals surface area contributed by atoms with Crippen molar-refractivity contribution in [2.75, 3.05) is 34.9 Å². The zero-order valence-corrected chi connectivity index (χ0v) is 22.8. The molecule has 0 saturated carbocycles. The number of carbonyl (C=O) groups excluding carboxylic acids is 3. The lowest BCUT2D eigenvalue weighted by atomic mass is 9.88. The SMILES string of the molecule is C.C=C[C@@](C)(C=O)CC(=O)N(C)OC.C=C[C@@](C)(CO)CC(=O)N(C)OC.S=S=S=S=S. The second kappa shape index (κ2) is 21.9. The largest absolute Gasteiger partial charge is 0.395 e. The number of aliphatic hydroxyl groups excluding tert-OH is 1. The first-order valence-electron chi connectivity index (χ1n) is 8.60. The first-order chi connectivity index (χ1) is 14.4. The van der Waals surface area contributed by atoms with Crippen LogP contribution in [0.3, 0.4) is 0 Å². The van der Waals surface area contributed by atoms with Crippen molar-refractivity contribution in [2.45, 2.75) is 34.1 Å². The zero-order valence-electron chi connectivity index (χ0n) is 18.7. The lowest BCUT2D eigenvalue weighted by molar-refractivity contribution is -0.171. The molecule has 0 aliphatic rings. The molecular weight excluding hydrogens is 513 g/mol. The summed E-state index contributed by atoms with van der Waals surface area (Å²) in [6.45, 7) is 10.4. The number of carbonyl (C=O) groups is 3. The Morgan fingerprint density at radius 3 is 1.62 bits per heavy atom. The number of aliphatic hydroxyl groups is 1. The van der Waals surface area contributed by atoms with E-state index in [-0.39, 0.29) is 38.7 Å². The van der Waals surface area contributed by atoms with Gasteiger partial charge in [0.05, 0.1) is 20.8 Å². The van der Waals surface area contributed by atoms with Crippen molar-refractivity contribution in [3.8, 4) is 0 Å². The molecule has 32 heavy (non-hydrogen) atoms. The smallest absolute Gasteiger partial charge is 0.247 e. The van der Waals surface area contributed by atoms with E-state index < -0.39 is 10.8 Å². The second-order valence-corrected chi connectivity index (χ2v) is 11.9. The Kier molecular flexibility index (Phi) is 26.2. The Balaban J connectivity index is -0.000000198. The zero-order chi connectivity index (χ0) is 25.1. The maximum absolute atomic E-state index is 11.3. The molecule has 0 spiro atoms. The fourth-order valence-electron chi connectivity index (χ4n) is 1.46. The van der Waals surface area contributed by atoms with Crippen LogP contribution in [0.2, 0.25) is 0 Å². The third-order valence-corrected chi connectivity index (χ3v) is 8.43. The summed E-state index contributed by atoms with van der Waals surface area (Å²) in [5.74, 6) is -0.434. The molecule has 0 aromatic carbocycles. The first-order valence-corrected chi connectivity index (χ1v) is 13.9. The van der Waals surface area contributed by atoms with Crippen LogP contribution in [0.4, 0.5) is 0 Å². The first kappa shape index (κ1) is 38.3. The molecule has 0 aliphatic heterocycles. The Labute approximate surface area is 210 Å². The molecule has 188 valence electrons. The second-order valence-electron chi connectivity index (χ2n) is 6.55. The number of hydroxylamine groups is 4. The van der Waals surface area contributed by atoms with Crippen LogP contribution in [0.5, 0.6) is 0 Å². The number of rotatable bonds is 10. The van der Waals surface area contributed by atoms with E-state index >= 15 is 0 Å². The number of hydrogen-bond acceptors (Lipinski definition) is 8. The van der Waals surface area contributed by atoms with Crippen LogP contribution in [0.15, 0.2) is 25.3 Å². The molecule has 0 unspecified atom stereocenters. The summed E-state index contributed by atoms with van der Waals surface area (Å²) < 4.78 is 0. The summed E-state index contributed by atoms with van der Waals surface area (Å²) in [5.41, 5.74) is -1.37. The average molecular weight is 549 g/mol. The molecule has 0 aromatic heterocycles. The van der Waals surface area contributed by atoms with Gasteiger partial charge in [-0.3, -0.25) is 19.3 Å². The maximum atomic E-state index is 11.3. The van der Waals surface area contributed by atoms with Crippen LogP contribution in [0.25, 0.3) is 0 Å². The van der Waals surface area contributed by atoms with E-state index in [2.05, 4.69) is 40.4 Å².